The average Bonchev–Trinajstić information content (AvgIpc) is 3.13. The zero-order chi connectivity index (χ0) is 17.8. The van der Waals surface area contributed by atoms with Gasteiger partial charge in [0.25, 0.3) is 5.91 Å². The Morgan fingerprint density at radius 2 is 2.00 bits per heavy atom. The zero-order valence-corrected chi connectivity index (χ0v) is 14.9. The van der Waals surface area contributed by atoms with E-state index in [0.29, 0.717) is 5.56 Å². The van der Waals surface area contributed by atoms with E-state index in [-0.39, 0.29) is 5.91 Å². The van der Waals surface area contributed by atoms with Crippen molar-refractivity contribution in [1.29, 1.82) is 0 Å². The number of rotatable bonds is 5. The number of hydrogen-bond donors (Lipinski definition) is 1. The van der Waals surface area contributed by atoms with Crippen LogP contribution in [0.2, 0.25) is 0 Å². The van der Waals surface area contributed by atoms with Gasteiger partial charge in [-0.3, -0.25) is 14.7 Å². The maximum absolute atomic E-state index is 12.9. The van der Waals surface area contributed by atoms with Crippen LogP contribution in [-0.4, -0.2) is 61.7 Å². The first-order valence-electron chi connectivity index (χ1n) is 9.20. The summed E-state index contributed by atoms with van der Waals surface area (Å²) in [6.45, 7) is 6.09. The lowest BCUT2D eigenvalue weighted by molar-refractivity contribution is 0.0398. The summed E-state index contributed by atoms with van der Waals surface area (Å²) in [6, 6.07) is 10.00. The predicted octanol–water partition coefficient (Wildman–Crippen LogP) is 2.03. The van der Waals surface area contributed by atoms with Crippen molar-refractivity contribution in [2.45, 2.75) is 6.42 Å². The molecule has 26 heavy (non-hydrogen) atoms. The Morgan fingerprint density at radius 3 is 2.88 bits per heavy atom. The lowest BCUT2D eigenvalue weighted by Gasteiger charge is -2.26. The van der Waals surface area contributed by atoms with Crippen molar-refractivity contribution in [2.24, 2.45) is 0 Å². The van der Waals surface area contributed by atoms with Crippen molar-refractivity contribution in [3.8, 4) is 0 Å². The number of carbonyl (C=O) groups excluding carboxylic acids is 1. The highest BCUT2D eigenvalue weighted by atomic mass is 16.5. The van der Waals surface area contributed by atoms with Crippen LogP contribution in [0.3, 0.4) is 0 Å². The number of carbonyl (C=O) groups is 1. The van der Waals surface area contributed by atoms with E-state index in [1.807, 2.05) is 29.2 Å². The summed E-state index contributed by atoms with van der Waals surface area (Å²) in [7, 11) is 0. The van der Waals surface area contributed by atoms with Gasteiger partial charge in [0.15, 0.2) is 0 Å². The molecule has 1 amide bonds. The van der Waals surface area contributed by atoms with Crippen LogP contribution in [0.25, 0.3) is 0 Å². The van der Waals surface area contributed by atoms with Crippen molar-refractivity contribution >= 4 is 17.3 Å². The maximum atomic E-state index is 12.9. The Labute approximate surface area is 153 Å². The van der Waals surface area contributed by atoms with Crippen LogP contribution in [-0.2, 0) is 11.2 Å². The molecule has 0 saturated carbocycles. The maximum Gasteiger partial charge on any atom is 0.259 e. The number of ether oxygens (including phenoxy) is 1. The molecule has 1 N–H and O–H groups in total. The van der Waals surface area contributed by atoms with E-state index >= 15 is 0 Å². The number of pyridine rings is 1. The molecule has 0 atom stereocenters. The number of nitrogens with one attached hydrogen (secondary N) is 1. The number of hydrogen-bond acceptors (Lipinski definition) is 5. The molecule has 0 unspecified atom stereocenters. The molecule has 6 heteroatoms. The molecule has 3 heterocycles. The molecule has 2 aliphatic rings. The molecule has 6 nitrogen and oxygen atoms in total. The summed E-state index contributed by atoms with van der Waals surface area (Å²) in [6.07, 6.45) is 4.33. The normalized spacial score (nSPS) is 17.2. The van der Waals surface area contributed by atoms with Gasteiger partial charge >= 0.3 is 0 Å². The minimum absolute atomic E-state index is 0.0132. The lowest BCUT2D eigenvalue weighted by atomic mass is 10.2. The van der Waals surface area contributed by atoms with Gasteiger partial charge < -0.3 is 15.0 Å². The number of nitrogens with zero attached hydrogens (tertiary/aromatic N) is 3. The average molecular weight is 352 g/mol. The molecule has 4 rings (SSSR count). The highest BCUT2D eigenvalue weighted by Gasteiger charge is 2.25. The number of morpholine rings is 1. The predicted molar refractivity (Wildman–Crippen MR) is 102 cm³/mol. The first kappa shape index (κ1) is 17.0. The fourth-order valence-electron chi connectivity index (χ4n) is 3.54. The molecule has 0 bridgehead atoms. The molecule has 2 aliphatic heterocycles. The van der Waals surface area contributed by atoms with E-state index in [9.17, 15) is 4.79 Å². The van der Waals surface area contributed by atoms with E-state index in [2.05, 4.69) is 21.3 Å². The van der Waals surface area contributed by atoms with E-state index in [0.717, 1.165) is 63.7 Å². The monoisotopic (exact) mass is 352 g/mol. The van der Waals surface area contributed by atoms with E-state index in [4.69, 9.17) is 4.74 Å². The Morgan fingerprint density at radius 1 is 1.15 bits per heavy atom. The van der Waals surface area contributed by atoms with Gasteiger partial charge in [0.2, 0.25) is 0 Å². The van der Waals surface area contributed by atoms with Crippen molar-refractivity contribution < 1.29 is 9.53 Å². The van der Waals surface area contributed by atoms with Gasteiger partial charge in [-0.1, -0.05) is 18.2 Å². The van der Waals surface area contributed by atoms with Crippen LogP contribution in [0, 0.1) is 0 Å². The highest BCUT2D eigenvalue weighted by Crippen LogP contribution is 2.29. The second kappa shape index (κ2) is 7.85. The fraction of sp³-hybridized carbons (Fsp3) is 0.400. The van der Waals surface area contributed by atoms with Gasteiger partial charge in [0.1, 0.15) is 0 Å². The van der Waals surface area contributed by atoms with Gasteiger partial charge in [-0.15, -0.1) is 0 Å². The molecular formula is C20H24N4O2. The zero-order valence-electron chi connectivity index (χ0n) is 14.9. The van der Waals surface area contributed by atoms with E-state index < -0.39 is 0 Å². The summed E-state index contributed by atoms with van der Waals surface area (Å²) >= 11 is 0. The van der Waals surface area contributed by atoms with Crippen molar-refractivity contribution in [2.75, 3.05) is 56.2 Å². The van der Waals surface area contributed by atoms with Crippen molar-refractivity contribution in [3.63, 3.8) is 0 Å². The van der Waals surface area contributed by atoms with E-state index in [1.54, 1.807) is 12.4 Å². The largest absolute Gasteiger partial charge is 0.382 e. The molecule has 136 valence electrons. The van der Waals surface area contributed by atoms with Crippen LogP contribution in [0.4, 0.5) is 11.4 Å². The van der Waals surface area contributed by atoms with Gasteiger partial charge in [0, 0.05) is 50.8 Å². The number of benzene rings is 1. The standard InChI is InChI=1S/C20H24N4O2/c25-20(24-7-5-16-3-1-2-4-19(16)24)17-13-18(15-21-14-17)22-6-8-23-9-11-26-12-10-23/h1-4,13-15,22H,5-12H2. The number of amides is 1. The fourth-order valence-corrected chi connectivity index (χ4v) is 3.54. The van der Waals surface area contributed by atoms with Gasteiger partial charge in [0.05, 0.1) is 24.5 Å². The molecule has 1 saturated heterocycles. The Balaban J connectivity index is 1.38. The molecule has 0 radical (unpaired) electrons. The van der Waals surface area contributed by atoms with E-state index in [1.165, 1.54) is 5.56 Å². The van der Waals surface area contributed by atoms with Crippen LogP contribution in [0.5, 0.6) is 0 Å². The minimum atomic E-state index is 0.0132. The number of aromatic nitrogens is 1. The van der Waals surface area contributed by atoms with Crippen LogP contribution < -0.4 is 10.2 Å². The summed E-state index contributed by atoms with van der Waals surface area (Å²) in [4.78, 5) is 21.4. The number of fused-ring (bicyclic) bond motifs is 1. The first-order chi connectivity index (χ1) is 12.8. The lowest BCUT2D eigenvalue weighted by Crippen LogP contribution is -2.39. The molecular weight excluding hydrogens is 328 g/mol. The number of anilines is 2. The quantitative estimate of drug-likeness (QED) is 0.892. The summed E-state index contributed by atoms with van der Waals surface area (Å²) in [5, 5.41) is 3.38. The molecule has 1 fully saturated rings. The second-order valence-electron chi connectivity index (χ2n) is 6.68. The third-order valence-electron chi connectivity index (χ3n) is 4.98. The smallest absolute Gasteiger partial charge is 0.259 e. The first-order valence-corrected chi connectivity index (χ1v) is 9.20. The van der Waals surface area contributed by atoms with Crippen molar-refractivity contribution in [1.82, 2.24) is 9.88 Å². The molecule has 1 aromatic heterocycles. The summed E-state index contributed by atoms with van der Waals surface area (Å²) in [5.74, 6) is 0.0132. The third kappa shape index (κ3) is 3.71. The second-order valence-corrected chi connectivity index (χ2v) is 6.68. The molecule has 2 aromatic rings. The van der Waals surface area contributed by atoms with Gasteiger partial charge in [-0.05, 0) is 24.1 Å². The Bertz CT molecular complexity index is 774. The van der Waals surface area contributed by atoms with Crippen molar-refractivity contribution in [3.05, 3.63) is 53.9 Å². The molecule has 1 aromatic carbocycles. The Kier molecular flexibility index (Phi) is 5.13. The SMILES string of the molecule is O=C(c1cncc(NCCN2CCOCC2)c1)N1CCc2ccccc21. The minimum Gasteiger partial charge on any atom is -0.382 e. The van der Waals surface area contributed by atoms with Crippen LogP contribution in [0.1, 0.15) is 15.9 Å². The highest BCUT2D eigenvalue weighted by molar-refractivity contribution is 6.07. The summed E-state index contributed by atoms with van der Waals surface area (Å²) in [5.41, 5.74) is 3.76. The van der Waals surface area contributed by atoms with Crippen LogP contribution in [0.15, 0.2) is 42.7 Å². The molecule has 0 spiro atoms. The third-order valence-corrected chi connectivity index (χ3v) is 4.98. The number of para-hydroxylation sites is 1. The molecule has 0 aliphatic carbocycles. The van der Waals surface area contributed by atoms with Gasteiger partial charge in [-0.25, -0.2) is 0 Å². The Hall–Kier alpha value is -2.44. The summed E-state index contributed by atoms with van der Waals surface area (Å²) < 4.78 is 5.37. The van der Waals surface area contributed by atoms with Crippen LogP contribution >= 0.6 is 0 Å². The van der Waals surface area contributed by atoms with Gasteiger partial charge in [-0.2, -0.15) is 0 Å². The topological polar surface area (TPSA) is 57.7 Å².